The number of ether oxygens (including phenoxy) is 2. The molecule has 0 bridgehead atoms. The van der Waals surface area contributed by atoms with E-state index >= 15 is 0 Å². The van der Waals surface area contributed by atoms with Gasteiger partial charge in [0.15, 0.2) is 23.3 Å². The number of fused-ring (bicyclic) bond motifs is 1. The highest BCUT2D eigenvalue weighted by molar-refractivity contribution is 6.33. The minimum absolute atomic E-state index is 0.0619. The van der Waals surface area contributed by atoms with E-state index in [-0.39, 0.29) is 24.3 Å². The summed E-state index contributed by atoms with van der Waals surface area (Å²) in [5.74, 6) is 0.0619. The highest BCUT2D eigenvalue weighted by atomic mass is 35.5. The summed E-state index contributed by atoms with van der Waals surface area (Å²) in [5, 5.41) is 9.13. The van der Waals surface area contributed by atoms with Crippen molar-refractivity contribution in [3.63, 3.8) is 0 Å². The van der Waals surface area contributed by atoms with Crippen LogP contribution >= 0.6 is 11.6 Å². The Balaban J connectivity index is 2.03. The fourth-order valence-electron chi connectivity index (χ4n) is 1.79. The number of hydrogen-bond donors (Lipinski definition) is 2. The van der Waals surface area contributed by atoms with Crippen molar-refractivity contribution >= 4 is 28.7 Å². The van der Waals surface area contributed by atoms with E-state index in [0.29, 0.717) is 11.2 Å². The van der Waals surface area contributed by atoms with Gasteiger partial charge in [-0.25, -0.2) is 4.98 Å². The Hall–Kier alpha value is -1.48. The molecule has 0 aromatic carbocycles. The van der Waals surface area contributed by atoms with Gasteiger partial charge in [0, 0.05) is 0 Å². The number of rotatable bonds is 2. The van der Waals surface area contributed by atoms with E-state index < -0.39 is 12.5 Å². The maximum Gasteiger partial charge on any atom is 0.223 e. The van der Waals surface area contributed by atoms with Crippen molar-refractivity contribution in [3.8, 4) is 0 Å². The van der Waals surface area contributed by atoms with Crippen molar-refractivity contribution in [3.05, 3.63) is 11.5 Å². The molecule has 18 heavy (non-hydrogen) atoms. The maximum atomic E-state index is 8.94. The normalized spacial score (nSPS) is 23.9. The van der Waals surface area contributed by atoms with Gasteiger partial charge in [0.1, 0.15) is 5.52 Å². The van der Waals surface area contributed by atoms with Gasteiger partial charge in [-0.2, -0.15) is 9.97 Å². The van der Waals surface area contributed by atoms with Gasteiger partial charge in [-0.05, 0) is 0 Å². The zero-order valence-corrected chi connectivity index (χ0v) is 9.91. The molecule has 2 aromatic heterocycles. The SMILES string of the molecule is Nc1nc(Cl)c2ncn([C@@H]3CO[C@@H](CO)O3)c2n1. The number of nitrogens with zero attached hydrogens (tertiary/aromatic N) is 4. The van der Waals surface area contributed by atoms with Gasteiger partial charge in [0.2, 0.25) is 5.95 Å². The quantitative estimate of drug-likeness (QED) is 0.736. The first-order chi connectivity index (χ1) is 8.69. The molecule has 3 rings (SSSR count). The van der Waals surface area contributed by atoms with Crippen LogP contribution in [0.5, 0.6) is 0 Å². The second kappa shape index (κ2) is 4.32. The monoisotopic (exact) mass is 271 g/mol. The largest absolute Gasteiger partial charge is 0.391 e. The average Bonchev–Trinajstić information content (AvgIpc) is 2.93. The van der Waals surface area contributed by atoms with Crippen molar-refractivity contribution < 1.29 is 14.6 Å². The van der Waals surface area contributed by atoms with Crippen LogP contribution in [0.15, 0.2) is 6.33 Å². The van der Waals surface area contributed by atoms with E-state index in [1.807, 2.05) is 0 Å². The van der Waals surface area contributed by atoms with Crippen LogP contribution in [-0.4, -0.2) is 44.1 Å². The first-order valence-corrected chi connectivity index (χ1v) is 5.60. The number of anilines is 1. The number of aliphatic hydroxyl groups is 1. The molecule has 1 fully saturated rings. The zero-order valence-electron chi connectivity index (χ0n) is 9.15. The van der Waals surface area contributed by atoms with Crippen molar-refractivity contribution in [1.82, 2.24) is 19.5 Å². The second-order valence-electron chi connectivity index (χ2n) is 3.73. The smallest absolute Gasteiger partial charge is 0.223 e. The lowest BCUT2D eigenvalue weighted by Crippen LogP contribution is -2.15. The summed E-state index contributed by atoms with van der Waals surface area (Å²) in [4.78, 5) is 12.0. The molecule has 1 aliphatic rings. The summed E-state index contributed by atoms with van der Waals surface area (Å²) in [6.07, 6.45) is 0.470. The molecule has 0 amide bonds. The van der Waals surface area contributed by atoms with Crippen molar-refractivity contribution in [1.29, 1.82) is 0 Å². The number of nitrogens with two attached hydrogens (primary N) is 1. The lowest BCUT2D eigenvalue weighted by Gasteiger charge is -2.11. The number of halogens is 1. The van der Waals surface area contributed by atoms with Crippen LogP contribution in [-0.2, 0) is 9.47 Å². The fourth-order valence-corrected chi connectivity index (χ4v) is 2.01. The topological polar surface area (TPSA) is 108 Å². The zero-order chi connectivity index (χ0) is 12.7. The van der Waals surface area contributed by atoms with Crippen LogP contribution in [0.25, 0.3) is 11.2 Å². The Bertz CT molecular complexity index is 589. The predicted octanol–water partition coefficient (Wildman–Crippen LogP) is -0.0743. The molecule has 96 valence electrons. The van der Waals surface area contributed by atoms with Crippen molar-refractivity contribution in [2.24, 2.45) is 0 Å². The van der Waals surface area contributed by atoms with Gasteiger partial charge in [0.25, 0.3) is 0 Å². The molecule has 1 saturated heterocycles. The number of aromatic nitrogens is 4. The number of imidazole rings is 1. The van der Waals surface area contributed by atoms with Gasteiger partial charge in [-0.15, -0.1) is 0 Å². The molecule has 0 unspecified atom stereocenters. The molecular formula is C9H10ClN5O3. The molecule has 0 spiro atoms. The predicted molar refractivity (Wildman–Crippen MR) is 61.7 cm³/mol. The second-order valence-corrected chi connectivity index (χ2v) is 4.09. The summed E-state index contributed by atoms with van der Waals surface area (Å²) < 4.78 is 12.3. The Morgan fingerprint density at radius 1 is 1.56 bits per heavy atom. The maximum absolute atomic E-state index is 8.94. The van der Waals surface area contributed by atoms with Gasteiger partial charge in [-0.1, -0.05) is 11.6 Å². The molecule has 0 saturated carbocycles. The summed E-state index contributed by atoms with van der Waals surface area (Å²) >= 11 is 5.92. The van der Waals surface area contributed by atoms with E-state index in [9.17, 15) is 0 Å². The van der Waals surface area contributed by atoms with E-state index in [4.69, 9.17) is 31.9 Å². The van der Waals surface area contributed by atoms with Gasteiger partial charge >= 0.3 is 0 Å². The average molecular weight is 272 g/mol. The minimum Gasteiger partial charge on any atom is -0.391 e. The van der Waals surface area contributed by atoms with Crippen molar-refractivity contribution in [2.45, 2.75) is 12.5 Å². The molecule has 3 heterocycles. The fraction of sp³-hybridized carbons (Fsp3) is 0.444. The molecule has 8 nitrogen and oxygen atoms in total. The Morgan fingerprint density at radius 3 is 3.11 bits per heavy atom. The van der Waals surface area contributed by atoms with Gasteiger partial charge in [-0.3, -0.25) is 4.57 Å². The molecule has 2 aromatic rings. The van der Waals surface area contributed by atoms with Crippen LogP contribution in [0.2, 0.25) is 5.15 Å². The first kappa shape index (κ1) is 11.6. The van der Waals surface area contributed by atoms with Crippen LogP contribution in [0, 0.1) is 0 Å². The molecule has 3 N–H and O–H groups in total. The van der Waals surface area contributed by atoms with Crippen LogP contribution < -0.4 is 5.73 Å². The third-order valence-electron chi connectivity index (χ3n) is 2.59. The van der Waals surface area contributed by atoms with Crippen LogP contribution in [0.4, 0.5) is 5.95 Å². The summed E-state index contributed by atoms with van der Waals surface area (Å²) in [7, 11) is 0. The number of aliphatic hydroxyl groups excluding tert-OH is 1. The molecular weight excluding hydrogens is 262 g/mol. The number of nitrogen functional groups attached to an aromatic ring is 1. The summed E-state index contributed by atoms with van der Waals surface area (Å²) in [6.45, 7) is 0.0826. The lowest BCUT2D eigenvalue weighted by molar-refractivity contribution is -0.0980. The standard InChI is InChI=1S/C9H10ClN5O3/c10-7-6-8(14-9(11)13-7)15(3-12-6)4-2-17-5(1-16)18-4/h3-5,16H,1-2H2,(H2,11,13,14)/t4-,5+/m0/s1. The third kappa shape index (κ3) is 1.79. The molecule has 2 atom stereocenters. The van der Waals surface area contributed by atoms with E-state index in [1.54, 1.807) is 4.57 Å². The highest BCUT2D eigenvalue weighted by Crippen LogP contribution is 2.26. The molecule has 9 heteroatoms. The number of hydrogen-bond acceptors (Lipinski definition) is 7. The Morgan fingerprint density at radius 2 is 2.39 bits per heavy atom. The molecule has 1 aliphatic heterocycles. The first-order valence-electron chi connectivity index (χ1n) is 5.22. The van der Waals surface area contributed by atoms with E-state index in [2.05, 4.69) is 15.0 Å². The molecule has 0 aliphatic carbocycles. The Kier molecular flexibility index (Phi) is 2.78. The van der Waals surface area contributed by atoms with Crippen LogP contribution in [0.1, 0.15) is 6.23 Å². The third-order valence-corrected chi connectivity index (χ3v) is 2.85. The minimum atomic E-state index is -0.637. The highest BCUT2D eigenvalue weighted by Gasteiger charge is 2.28. The summed E-state index contributed by atoms with van der Waals surface area (Å²) in [5.41, 5.74) is 6.46. The Labute approximate surface area is 106 Å². The van der Waals surface area contributed by atoms with E-state index in [0.717, 1.165) is 0 Å². The van der Waals surface area contributed by atoms with Crippen LogP contribution in [0.3, 0.4) is 0 Å². The van der Waals surface area contributed by atoms with Crippen molar-refractivity contribution in [2.75, 3.05) is 18.9 Å². The van der Waals surface area contributed by atoms with E-state index in [1.165, 1.54) is 6.33 Å². The van der Waals surface area contributed by atoms with Gasteiger partial charge < -0.3 is 20.3 Å². The molecule has 0 radical (unpaired) electrons. The van der Waals surface area contributed by atoms with Gasteiger partial charge in [0.05, 0.1) is 19.5 Å². The summed E-state index contributed by atoms with van der Waals surface area (Å²) in [6, 6.07) is 0. The lowest BCUT2D eigenvalue weighted by atomic mass is 10.5.